The first-order chi connectivity index (χ1) is 9.24. The van der Waals surface area contributed by atoms with E-state index in [9.17, 15) is 0 Å². The summed E-state index contributed by atoms with van der Waals surface area (Å²) in [6, 6.07) is 10.5. The molecule has 0 amide bonds. The normalized spacial score (nSPS) is 18.1. The van der Waals surface area contributed by atoms with Gasteiger partial charge in [0.1, 0.15) is 11.0 Å². The highest BCUT2D eigenvalue weighted by Crippen LogP contribution is 2.31. The molecule has 1 aliphatic rings. The van der Waals surface area contributed by atoms with Gasteiger partial charge in [-0.15, -0.1) is 0 Å². The third-order valence-electron chi connectivity index (χ3n) is 3.51. The van der Waals surface area contributed by atoms with Crippen molar-refractivity contribution in [1.82, 2.24) is 15.3 Å². The molecule has 0 radical (unpaired) electrons. The zero-order valence-corrected chi connectivity index (χ0v) is 11.6. The van der Waals surface area contributed by atoms with E-state index in [-0.39, 0.29) is 0 Å². The molecule has 4 heteroatoms. The second kappa shape index (κ2) is 5.27. The third kappa shape index (κ3) is 2.62. The summed E-state index contributed by atoms with van der Waals surface area (Å²) in [5.41, 5.74) is 3.48. The molecule has 2 heterocycles. The first-order valence-corrected chi connectivity index (χ1v) is 6.89. The predicted molar refractivity (Wildman–Crippen MR) is 76.4 cm³/mol. The van der Waals surface area contributed by atoms with Gasteiger partial charge < -0.3 is 5.32 Å². The summed E-state index contributed by atoms with van der Waals surface area (Å²) in [6.45, 7) is 3.59. The number of halogens is 1. The minimum atomic E-state index is 0.347. The Morgan fingerprint density at radius 2 is 2.05 bits per heavy atom. The largest absolute Gasteiger partial charge is 0.311 e. The Kier molecular flexibility index (Phi) is 3.49. The van der Waals surface area contributed by atoms with Crippen molar-refractivity contribution in [3.8, 4) is 0 Å². The van der Waals surface area contributed by atoms with Crippen LogP contribution in [-0.2, 0) is 13.0 Å². The van der Waals surface area contributed by atoms with Crippen LogP contribution in [0.5, 0.6) is 0 Å². The lowest BCUT2D eigenvalue weighted by Crippen LogP contribution is -2.31. The van der Waals surface area contributed by atoms with Gasteiger partial charge in [-0.3, -0.25) is 0 Å². The second-order valence-corrected chi connectivity index (χ2v) is 5.30. The summed E-state index contributed by atoms with van der Waals surface area (Å²) < 4.78 is 0. The molecule has 1 atom stereocenters. The van der Waals surface area contributed by atoms with Gasteiger partial charge in [0.25, 0.3) is 0 Å². The molecule has 0 saturated carbocycles. The summed E-state index contributed by atoms with van der Waals surface area (Å²) in [4.78, 5) is 8.81. The standard InChI is InChI=1S/C15H16ClN3/c1-10-18-13-9-17-8-12(14(13)15(16)19-10)7-11-5-3-2-4-6-11/h2-6,12,17H,7-9H2,1H3. The van der Waals surface area contributed by atoms with Crippen LogP contribution >= 0.6 is 11.6 Å². The van der Waals surface area contributed by atoms with Crippen LogP contribution in [0.1, 0.15) is 28.6 Å². The summed E-state index contributed by atoms with van der Waals surface area (Å²) in [5.74, 6) is 1.09. The van der Waals surface area contributed by atoms with Crippen LogP contribution in [0.3, 0.4) is 0 Å². The second-order valence-electron chi connectivity index (χ2n) is 4.94. The monoisotopic (exact) mass is 273 g/mol. The molecule has 0 saturated heterocycles. The van der Waals surface area contributed by atoms with Crippen molar-refractivity contribution in [3.63, 3.8) is 0 Å². The average Bonchev–Trinajstić information content (AvgIpc) is 2.39. The molecule has 3 nitrogen and oxygen atoms in total. The van der Waals surface area contributed by atoms with Gasteiger partial charge in [0.15, 0.2) is 0 Å². The van der Waals surface area contributed by atoms with Crippen molar-refractivity contribution >= 4 is 11.6 Å². The SMILES string of the molecule is Cc1nc(Cl)c2c(n1)CNCC2Cc1ccccc1. The highest BCUT2D eigenvalue weighted by Gasteiger charge is 2.25. The van der Waals surface area contributed by atoms with Gasteiger partial charge >= 0.3 is 0 Å². The van der Waals surface area contributed by atoms with Crippen LogP contribution in [0.4, 0.5) is 0 Å². The van der Waals surface area contributed by atoms with E-state index in [0.29, 0.717) is 11.1 Å². The topological polar surface area (TPSA) is 37.8 Å². The number of hydrogen-bond donors (Lipinski definition) is 1. The smallest absolute Gasteiger partial charge is 0.136 e. The van der Waals surface area contributed by atoms with E-state index in [4.69, 9.17) is 11.6 Å². The van der Waals surface area contributed by atoms with Crippen LogP contribution in [0.15, 0.2) is 30.3 Å². The molecule has 0 bridgehead atoms. The Bertz CT molecular complexity index is 583. The molecule has 0 spiro atoms. The van der Waals surface area contributed by atoms with E-state index >= 15 is 0 Å². The Labute approximate surface area is 118 Å². The molecule has 1 N–H and O–H groups in total. The quantitative estimate of drug-likeness (QED) is 0.855. The molecule has 1 aliphatic heterocycles. The molecule has 0 aliphatic carbocycles. The molecule has 1 aromatic carbocycles. The molecule has 1 unspecified atom stereocenters. The van der Waals surface area contributed by atoms with Gasteiger partial charge in [-0.25, -0.2) is 9.97 Å². The maximum absolute atomic E-state index is 6.33. The molecule has 19 heavy (non-hydrogen) atoms. The van der Waals surface area contributed by atoms with Crippen molar-refractivity contribution in [2.75, 3.05) is 6.54 Å². The highest BCUT2D eigenvalue weighted by atomic mass is 35.5. The zero-order valence-electron chi connectivity index (χ0n) is 10.9. The molecule has 98 valence electrons. The van der Waals surface area contributed by atoms with E-state index in [0.717, 1.165) is 36.6 Å². The lowest BCUT2D eigenvalue weighted by Gasteiger charge is -2.26. The fraction of sp³-hybridized carbons (Fsp3) is 0.333. The summed E-state index contributed by atoms with van der Waals surface area (Å²) in [5, 5.41) is 4.03. The maximum atomic E-state index is 6.33. The molecular weight excluding hydrogens is 258 g/mol. The van der Waals surface area contributed by atoms with Crippen LogP contribution in [0.25, 0.3) is 0 Å². The van der Waals surface area contributed by atoms with Crippen LogP contribution in [0, 0.1) is 6.92 Å². The minimum absolute atomic E-state index is 0.347. The van der Waals surface area contributed by atoms with Crippen molar-refractivity contribution in [1.29, 1.82) is 0 Å². The highest BCUT2D eigenvalue weighted by molar-refractivity contribution is 6.30. The lowest BCUT2D eigenvalue weighted by atomic mass is 9.89. The van der Waals surface area contributed by atoms with E-state index in [1.807, 2.05) is 13.0 Å². The van der Waals surface area contributed by atoms with Gasteiger partial charge in [0.05, 0.1) is 5.69 Å². The molecule has 0 fully saturated rings. The van der Waals surface area contributed by atoms with Gasteiger partial charge in [0.2, 0.25) is 0 Å². The van der Waals surface area contributed by atoms with E-state index < -0.39 is 0 Å². The van der Waals surface area contributed by atoms with Gasteiger partial charge in [0, 0.05) is 24.6 Å². The summed E-state index contributed by atoms with van der Waals surface area (Å²) >= 11 is 6.33. The molecule has 2 aromatic rings. The third-order valence-corrected chi connectivity index (χ3v) is 3.79. The first kappa shape index (κ1) is 12.6. The van der Waals surface area contributed by atoms with Crippen molar-refractivity contribution in [3.05, 3.63) is 58.1 Å². The Hall–Kier alpha value is -1.45. The average molecular weight is 274 g/mol. The number of rotatable bonds is 2. The van der Waals surface area contributed by atoms with Crippen LogP contribution in [0.2, 0.25) is 5.15 Å². The van der Waals surface area contributed by atoms with Gasteiger partial charge in [-0.05, 0) is 18.9 Å². The number of benzene rings is 1. The number of fused-ring (bicyclic) bond motifs is 1. The van der Waals surface area contributed by atoms with Crippen molar-refractivity contribution < 1.29 is 0 Å². The number of aryl methyl sites for hydroxylation is 1. The fourth-order valence-corrected chi connectivity index (χ4v) is 3.07. The summed E-state index contributed by atoms with van der Waals surface area (Å²) in [6.07, 6.45) is 0.965. The van der Waals surface area contributed by atoms with Gasteiger partial charge in [-0.2, -0.15) is 0 Å². The number of nitrogens with one attached hydrogen (secondary N) is 1. The number of nitrogens with zero attached hydrogens (tertiary/aromatic N) is 2. The Morgan fingerprint density at radius 3 is 2.84 bits per heavy atom. The van der Waals surface area contributed by atoms with Crippen molar-refractivity contribution in [2.24, 2.45) is 0 Å². The Morgan fingerprint density at radius 1 is 1.26 bits per heavy atom. The molecular formula is C15H16ClN3. The first-order valence-electron chi connectivity index (χ1n) is 6.51. The molecule has 3 rings (SSSR count). The van der Waals surface area contributed by atoms with Crippen LogP contribution < -0.4 is 5.32 Å². The molecule has 1 aromatic heterocycles. The maximum Gasteiger partial charge on any atom is 0.136 e. The van der Waals surface area contributed by atoms with Crippen LogP contribution in [-0.4, -0.2) is 16.5 Å². The number of hydrogen-bond acceptors (Lipinski definition) is 3. The van der Waals surface area contributed by atoms with E-state index in [1.165, 1.54) is 5.56 Å². The Balaban J connectivity index is 1.94. The minimum Gasteiger partial charge on any atom is -0.311 e. The van der Waals surface area contributed by atoms with Gasteiger partial charge in [-0.1, -0.05) is 41.9 Å². The predicted octanol–water partition coefficient (Wildman–Crippen LogP) is 2.87. The fourth-order valence-electron chi connectivity index (χ4n) is 2.68. The lowest BCUT2D eigenvalue weighted by molar-refractivity contribution is 0.524. The number of aromatic nitrogens is 2. The zero-order chi connectivity index (χ0) is 13.2. The van der Waals surface area contributed by atoms with E-state index in [2.05, 4.69) is 39.6 Å². The summed E-state index contributed by atoms with van der Waals surface area (Å²) in [7, 11) is 0. The van der Waals surface area contributed by atoms with E-state index in [1.54, 1.807) is 0 Å². The van der Waals surface area contributed by atoms with Crippen molar-refractivity contribution in [2.45, 2.75) is 25.8 Å².